The van der Waals surface area contributed by atoms with E-state index in [2.05, 4.69) is 0 Å². The Kier molecular flexibility index (Phi) is 6.07. The summed E-state index contributed by atoms with van der Waals surface area (Å²) in [5.41, 5.74) is 0.749. The number of nitrogens with zero attached hydrogens (tertiary/aromatic N) is 1. The first kappa shape index (κ1) is 15.9. The van der Waals surface area contributed by atoms with Gasteiger partial charge in [0.05, 0.1) is 12.5 Å². The van der Waals surface area contributed by atoms with Crippen molar-refractivity contribution in [1.29, 1.82) is 0 Å². The third-order valence-electron chi connectivity index (χ3n) is 2.53. The number of alkyl halides is 1. The lowest BCUT2D eigenvalue weighted by atomic mass is 10.3. The van der Waals surface area contributed by atoms with Gasteiger partial charge in [0.1, 0.15) is 4.90 Å². The molecule has 0 amide bonds. The second-order valence-corrected chi connectivity index (χ2v) is 7.04. The van der Waals surface area contributed by atoms with Crippen LogP contribution in [0.4, 0.5) is 0 Å². The Labute approximate surface area is 118 Å². The SMILES string of the molecule is CCOCCN(C)S(=O)(=O)c1c(C)csc1CCl. The molecular weight excluding hydrogens is 294 g/mol. The molecule has 104 valence electrons. The summed E-state index contributed by atoms with van der Waals surface area (Å²) in [5, 5.41) is 1.82. The molecule has 0 saturated heterocycles. The normalized spacial score (nSPS) is 12.3. The van der Waals surface area contributed by atoms with E-state index in [-0.39, 0.29) is 5.88 Å². The van der Waals surface area contributed by atoms with E-state index in [1.807, 2.05) is 12.3 Å². The second-order valence-electron chi connectivity index (χ2n) is 3.83. The van der Waals surface area contributed by atoms with Crippen LogP contribution in [0.1, 0.15) is 17.4 Å². The van der Waals surface area contributed by atoms with Gasteiger partial charge in [-0.3, -0.25) is 0 Å². The second kappa shape index (κ2) is 6.86. The Morgan fingerprint density at radius 1 is 1.50 bits per heavy atom. The Balaban J connectivity index is 2.94. The van der Waals surface area contributed by atoms with Crippen LogP contribution in [0.15, 0.2) is 10.3 Å². The highest BCUT2D eigenvalue weighted by Crippen LogP contribution is 2.30. The zero-order valence-corrected chi connectivity index (χ0v) is 13.2. The molecule has 1 aromatic heterocycles. The number of ether oxygens (including phenoxy) is 1. The number of likely N-dealkylation sites (N-methyl/N-ethyl adjacent to an activating group) is 1. The van der Waals surface area contributed by atoms with Gasteiger partial charge in [0.2, 0.25) is 10.0 Å². The van der Waals surface area contributed by atoms with Crippen molar-refractivity contribution in [2.75, 3.05) is 26.8 Å². The lowest BCUT2D eigenvalue weighted by molar-refractivity contribution is 0.138. The summed E-state index contributed by atoms with van der Waals surface area (Å²) in [6, 6.07) is 0. The molecule has 0 spiro atoms. The Bertz CT molecular complexity index is 484. The monoisotopic (exact) mass is 311 g/mol. The van der Waals surface area contributed by atoms with Crippen LogP contribution in [0.3, 0.4) is 0 Å². The molecule has 0 aliphatic rings. The Morgan fingerprint density at radius 2 is 2.17 bits per heavy atom. The van der Waals surface area contributed by atoms with E-state index >= 15 is 0 Å². The van der Waals surface area contributed by atoms with Crippen LogP contribution in [-0.4, -0.2) is 39.5 Å². The van der Waals surface area contributed by atoms with E-state index in [0.29, 0.717) is 29.5 Å². The quantitative estimate of drug-likeness (QED) is 0.574. The van der Waals surface area contributed by atoms with E-state index in [9.17, 15) is 8.42 Å². The third kappa shape index (κ3) is 3.45. The highest BCUT2D eigenvalue weighted by Gasteiger charge is 2.26. The average molecular weight is 312 g/mol. The maximum Gasteiger partial charge on any atom is 0.244 e. The third-order valence-corrected chi connectivity index (χ3v) is 6.28. The van der Waals surface area contributed by atoms with Gasteiger partial charge in [0, 0.05) is 25.1 Å². The molecule has 0 fully saturated rings. The highest BCUT2D eigenvalue weighted by atomic mass is 35.5. The summed E-state index contributed by atoms with van der Waals surface area (Å²) in [5.74, 6) is 0.215. The molecule has 0 unspecified atom stereocenters. The molecule has 0 aliphatic heterocycles. The van der Waals surface area contributed by atoms with Crippen LogP contribution in [0.2, 0.25) is 0 Å². The van der Waals surface area contributed by atoms with Crippen LogP contribution in [-0.2, 0) is 20.6 Å². The summed E-state index contributed by atoms with van der Waals surface area (Å²) >= 11 is 7.17. The fourth-order valence-electron chi connectivity index (χ4n) is 1.54. The number of hydrogen-bond acceptors (Lipinski definition) is 4. The van der Waals surface area contributed by atoms with E-state index < -0.39 is 10.0 Å². The Morgan fingerprint density at radius 3 is 2.72 bits per heavy atom. The van der Waals surface area contributed by atoms with Crippen molar-refractivity contribution >= 4 is 33.0 Å². The molecule has 7 heteroatoms. The maximum atomic E-state index is 12.4. The van der Waals surface area contributed by atoms with Gasteiger partial charge >= 0.3 is 0 Å². The van der Waals surface area contributed by atoms with Gasteiger partial charge in [-0.2, -0.15) is 4.31 Å². The van der Waals surface area contributed by atoms with Crippen LogP contribution in [0, 0.1) is 6.92 Å². The van der Waals surface area contributed by atoms with Crippen molar-refractivity contribution in [1.82, 2.24) is 4.31 Å². The number of rotatable bonds is 7. The van der Waals surface area contributed by atoms with E-state index in [1.54, 1.807) is 14.0 Å². The first-order valence-corrected chi connectivity index (χ1v) is 8.47. The molecule has 0 N–H and O–H groups in total. The first-order chi connectivity index (χ1) is 8.45. The van der Waals surface area contributed by atoms with Crippen molar-refractivity contribution in [3.8, 4) is 0 Å². The van der Waals surface area contributed by atoms with Crippen molar-refractivity contribution in [2.45, 2.75) is 24.6 Å². The predicted molar refractivity (Wildman–Crippen MR) is 74.9 cm³/mol. The summed E-state index contributed by atoms with van der Waals surface area (Å²) < 4.78 is 31.3. The zero-order valence-electron chi connectivity index (χ0n) is 10.8. The van der Waals surface area contributed by atoms with Gasteiger partial charge in [-0.1, -0.05) is 0 Å². The maximum absolute atomic E-state index is 12.4. The lowest BCUT2D eigenvalue weighted by Gasteiger charge is -2.17. The molecule has 0 radical (unpaired) electrons. The van der Waals surface area contributed by atoms with Gasteiger partial charge in [0.25, 0.3) is 0 Å². The first-order valence-electron chi connectivity index (χ1n) is 5.62. The van der Waals surface area contributed by atoms with E-state index in [1.165, 1.54) is 15.6 Å². The molecule has 0 bridgehead atoms. The molecule has 0 saturated carbocycles. The van der Waals surface area contributed by atoms with Crippen molar-refractivity contribution in [3.05, 3.63) is 15.8 Å². The molecule has 18 heavy (non-hydrogen) atoms. The minimum Gasteiger partial charge on any atom is -0.380 e. The summed E-state index contributed by atoms with van der Waals surface area (Å²) in [6.07, 6.45) is 0. The van der Waals surface area contributed by atoms with E-state index in [0.717, 1.165) is 5.56 Å². The topological polar surface area (TPSA) is 46.6 Å². The Hall–Kier alpha value is -0.140. The van der Waals surface area contributed by atoms with E-state index in [4.69, 9.17) is 16.3 Å². The number of hydrogen-bond donors (Lipinski definition) is 0. The molecule has 1 heterocycles. The van der Waals surface area contributed by atoms with Crippen LogP contribution < -0.4 is 0 Å². The minimum atomic E-state index is -3.47. The van der Waals surface area contributed by atoms with Gasteiger partial charge in [-0.25, -0.2) is 8.42 Å². The fraction of sp³-hybridized carbons (Fsp3) is 0.636. The number of thiophene rings is 1. The molecule has 0 atom stereocenters. The van der Waals surface area contributed by atoms with Crippen LogP contribution in [0.5, 0.6) is 0 Å². The summed E-state index contributed by atoms with van der Waals surface area (Å²) in [4.78, 5) is 1.04. The fourth-order valence-corrected chi connectivity index (χ4v) is 4.70. The standard InChI is InChI=1S/C11H18ClNO3S2/c1-4-16-6-5-13(3)18(14,15)11-9(2)8-17-10(11)7-12/h8H,4-7H2,1-3H3. The van der Waals surface area contributed by atoms with Crippen molar-refractivity contribution < 1.29 is 13.2 Å². The molecule has 4 nitrogen and oxygen atoms in total. The minimum absolute atomic E-state index is 0.215. The van der Waals surface area contributed by atoms with Gasteiger partial charge in [0.15, 0.2) is 0 Å². The number of halogens is 1. The number of sulfonamides is 1. The summed E-state index contributed by atoms with van der Waals surface area (Å²) in [6.45, 7) is 4.98. The molecule has 0 aliphatic carbocycles. The largest absolute Gasteiger partial charge is 0.380 e. The van der Waals surface area contributed by atoms with Crippen LogP contribution in [0.25, 0.3) is 0 Å². The van der Waals surface area contributed by atoms with Crippen molar-refractivity contribution in [3.63, 3.8) is 0 Å². The highest BCUT2D eigenvalue weighted by molar-refractivity contribution is 7.89. The number of aryl methyl sites for hydroxylation is 1. The average Bonchev–Trinajstić information content (AvgIpc) is 2.71. The van der Waals surface area contributed by atoms with Crippen LogP contribution >= 0.6 is 22.9 Å². The zero-order chi connectivity index (χ0) is 13.8. The molecular formula is C11H18ClNO3S2. The molecule has 1 aromatic rings. The molecule has 0 aromatic carbocycles. The van der Waals surface area contributed by atoms with Gasteiger partial charge < -0.3 is 4.74 Å². The summed E-state index contributed by atoms with van der Waals surface area (Å²) in [7, 11) is -1.91. The van der Waals surface area contributed by atoms with Gasteiger partial charge in [-0.15, -0.1) is 22.9 Å². The van der Waals surface area contributed by atoms with Gasteiger partial charge in [-0.05, 0) is 24.8 Å². The predicted octanol–water partition coefficient (Wildman–Crippen LogP) is 2.45. The van der Waals surface area contributed by atoms with Crippen molar-refractivity contribution in [2.24, 2.45) is 0 Å². The molecule has 1 rings (SSSR count). The lowest BCUT2D eigenvalue weighted by Crippen LogP contribution is -2.31. The smallest absolute Gasteiger partial charge is 0.244 e.